The van der Waals surface area contributed by atoms with Crippen molar-refractivity contribution < 1.29 is 4.21 Å². The van der Waals surface area contributed by atoms with Crippen LogP contribution in [0.5, 0.6) is 0 Å². The average Bonchev–Trinajstić information content (AvgIpc) is 2.59. The predicted molar refractivity (Wildman–Crippen MR) is 109 cm³/mol. The van der Waals surface area contributed by atoms with E-state index < -0.39 is 11.0 Å². The second kappa shape index (κ2) is 8.57. The third kappa shape index (κ3) is 4.88. The molecule has 0 aliphatic heterocycles. The molecule has 0 aliphatic carbocycles. The Labute approximate surface area is 155 Å². The van der Waals surface area contributed by atoms with Gasteiger partial charge in [0, 0.05) is 6.21 Å². The molecule has 0 saturated heterocycles. The van der Waals surface area contributed by atoms with E-state index in [4.69, 9.17) is 0 Å². The van der Waals surface area contributed by atoms with Crippen LogP contribution in [0.25, 0.3) is 0 Å². The van der Waals surface area contributed by atoms with Crippen LogP contribution >= 0.6 is 0 Å². The van der Waals surface area contributed by atoms with E-state index in [-0.39, 0.29) is 0 Å². The van der Waals surface area contributed by atoms with Crippen LogP contribution in [0.3, 0.4) is 0 Å². The third-order valence-corrected chi connectivity index (χ3v) is 5.47. The van der Waals surface area contributed by atoms with Crippen molar-refractivity contribution in [1.82, 2.24) is 0 Å². The van der Waals surface area contributed by atoms with Gasteiger partial charge in [0.15, 0.2) is 11.0 Å². The van der Waals surface area contributed by atoms with Crippen LogP contribution in [0.15, 0.2) is 51.8 Å². The fourth-order valence-electron chi connectivity index (χ4n) is 2.79. The Morgan fingerprint density at radius 1 is 0.840 bits per heavy atom. The second-order valence-corrected chi connectivity index (χ2v) is 8.50. The molecular weight excluding hydrogens is 326 g/mol. The zero-order valence-corrected chi connectivity index (χ0v) is 16.9. The van der Waals surface area contributed by atoms with Gasteiger partial charge in [-0.05, 0) is 40.0 Å². The van der Waals surface area contributed by atoms with Crippen LogP contribution in [0.2, 0.25) is 0 Å². The van der Waals surface area contributed by atoms with Gasteiger partial charge in [-0.2, -0.15) is 4.40 Å². The van der Waals surface area contributed by atoms with Gasteiger partial charge < -0.3 is 0 Å². The molecule has 1 atom stereocenters. The van der Waals surface area contributed by atoms with Crippen LogP contribution in [-0.4, -0.2) is 10.4 Å². The molecule has 2 rings (SSSR count). The van der Waals surface area contributed by atoms with Gasteiger partial charge in [-0.3, -0.25) is 0 Å². The van der Waals surface area contributed by atoms with E-state index in [1.54, 1.807) is 6.21 Å². The topological polar surface area (TPSA) is 29.4 Å². The molecule has 0 fully saturated rings. The number of nitrogens with zero attached hydrogens (tertiary/aromatic N) is 1. The van der Waals surface area contributed by atoms with E-state index in [0.717, 1.165) is 21.6 Å². The Morgan fingerprint density at radius 2 is 1.36 bits per heavy atom. The Balaban J connectivity index is 2.54. The monoisotopic (exact) mass is 355 g/mol. The molecule has 0 aliphatic rings. The van der Waals surface area contributed by atoms with Gasteiger partial charge in [-0.15, -0.1) is 0 Å². The van der Waals surface area contributed by atoms with Gasteiger partial charge in [-0.1, -0.05) is 84.0 Å². The molecule has 0 saturated carbocycles. The summed E-state index contributed by atoms with van der Waals surface area (Å²) in [6.07, 6.45) is 1.71. The van der Waals surface area contributed by atoms with E-state index in [9.17, 15) is 4.21 Å². The molecule has 2 aromatic carbocycles. The first-order valence-corrected chi connectivity index (χ1v) is 10.1. The number of rotatable bonds is 6. The van der Waals surface area contributed by atoms with E-state index >= 15 is 0 Å². The van der Waals surface area contributed by atoms with E-state index in [0.29, 0.717) is 17.8 Å². The summed E-state index contributed by atoms with van der Waals surface area (Å²) < 4.78 is 17.4. The smallest absolute Gasteiger partial charge is 0.173 e. The zero-order chi connectivity index (χ0) is 18.6. The maximum Gasteiger partial charge on any atom is 0.173 e. The molecule has 0 N–H and O–H groups in total. The van der Waals surface area contributed by atoms with Crippen molar-refractivity contribution in [2.24, 2.45) is 4.40 Å². The van der Waals surface area contributed by atoms with Crippen LogP contribution in [0.1, 0.15) is 81.5 Å². The summed E-state index contributed by atoms with van der Waals surface area (Å²) >= 11 is 0. The molecule has 134 valence electrons. The van der Waals surface area contributed by atoms with E-state index in [1.165, 1.54) is 5.56 Å². The van der Waals surface area contributed by atoms with Crippen LogP contribution in [-0.2, 0) is 11.0 Å². The highest BCUT2D eigenvalue weighted by Crippen LogP contribution is 2.34. The molecule has 0 radical (unpaired) electrons. The molecule has 0 amide bonds. The molecule has 0 heterocycles. The maximum absolute atomic E-state index is 13.1. The molecule has 1 unspecified atom stereocenters. The molecule has 0 aromatic heterocycles. The van der Waals surface area contributed by atoms with Gasteiger partial charge in [-0.25, -0.2) is 4.21 Å². The largest absolute Gasteiger partial charge is 0.229 e. The standard InChI is InChI=1S/C22H29NOS/c1-15(2)19-12-20(16(3)4)22(21(13-19)17(5)6)25(24)23-14-18-10-8-7-9-11-18/h7-17H,1-6H3/b23-14+. The van der Waals surface area contributed by atoms with Crippen LogP contribution in [0, 0.1) is 0 Å². The Kier molecular flexibility index (Phi) is 6.71. The SMILES string of the molecule is CC(C)c1cc(C(C)C)c(S(=O)/N=C/c2ccccc2)c(C(C)C)c1. The fraction of sp³-hybridized carbons (Fsp3) is 0.409. The lowest BCUT2D eigenvalue weighted by atomic mass is 9.89. The minimum atomic E-state index is -1.40. The molecular formula is C22H29NOS. The lowest BCUT2D eigenvalue weighted by molar-refractivity contribution is 0.677. The maximum atomic E-state index is 13.1. The second-order valence-electron chi connectivity index (χ2n) is 7.39. The van der Waals surface area contributed by atoms with Crippen molar-refractivity contribution in [3.05, 3.63) is 64.7 Å². The first-order valence-electron chi connectivity index (χ1n) is 9.00. The molecule has 3 heteroatoms. The summed E-state index contributed by atoms with van der Waals surface area (Å²) in [7, 11) is -1.40. The molecule has 25 heavy (non-hydrogen) atoms. The highest BCUT2D eigenvalue weighted by Gasteiger charge is 2.21. The quantitative estimate of drug-likeness (QED) is 0.567. The minimum absolute atomic E-state index is 0.307. The Bertz CT molecular complexity index is 732. The van der Waals surface area contributed by atoms with Gasteiger partial charge in [0.1, 0.15) is 0 Å². The van der Waals surface area contributed by atoms with Crippen molar-refractivity contribution in [2.45, 2.75) is 64.2 Å². The van der Waals surface area contributed by atoms with Gasteiger partial charge in [0.2, 0.25) is 0 Å². The number of benzene rings is 2. The highest BCUT2D eigenvalue weighted by molar-refractivity contribution is 7.84. The van der Waals surface area contributed by atoms with Crippen molar-refractivity contribution in [1.29, 1.82) is 0 Å². The summed E-state index contributed by atoms with van der Waals surface area (Å²) in [5.74, 6) is 1.06. The summed E-state index contributed by atoms with van der Waals surface area (Å²) in [6, 6.07) is 14.2. The molecule has 2 aromatic rings. The van der Waals surface area contributed by atoms with Gasteiger partial charge in [0.05, 0.1) is 4.90 Å². The number of hydrogen-bond acceptors (Lipinski definition) is 1. The Morgan fingerprint density at radius 3 is 1.80 bits per heavy atom. The van der Waals surface area contributed by atoms with Crippen molar-refractivity contribution in [3.8, 4) is 0 Å². The normalized spacial score (nSPS) is 13.3. The fourth-order valence-corrected chi connectivity index (χ4v) is 4.11. The molecule has 0 bridgehead atoms. The molecule has 0 spiro atoms. The first kappa shape index (κ1) is 19.6. The van der Waals surface area contributed by atoms with E-state index in [1.807, 2.05) is 30.3 Å². The van der Waals surface area contributed by atoms with Crippen molar-refractivity contribution in [3.63, 3.8) is 0 Å². The van der Waals surface area contributed by atoms with Crippen molar-refractivity contribution in [2.75, 3.05) is 0 Å². The van der Waals surface area contributed by atoms with Crippen LogP contribution < -0.4 is 0 Å². The summed E-state index contributed by atoms with van der Waals surface area (Å²) in [6.45, 7) is 13.0. The Hall–Kier alpha value is -1.74. The van der Waals surface area contributed by atoms with Gasteiger partial charge >= 0.3 is 0 Å². The van der Waals surface area contributed by atoms with Gasteiger partial charge in [0.25, 0.3) is 0 Å². The third-order valence-electron chi connectivity index (χ3n) is 4.35. The zero-order valence-electron chi connectivity index (χ0n) is 16.1. The minimum Gasteiger partial charge on any atom is -0.229 e. The summed E-state index contributed by atoms with van der Waals surface area (Å²) in [5, 5.41) is 0. The van der Waals surface area contributed by atoms with E-state index in [2.05, 4.69) is 58.1 Å². The van der Waals surface area contributed by atoms with Crippen LogP contribution in [0.4, 0.5) is 0 Å². The first-order chi connectivity index (χ1) is 11.8. The lowest BCUT2D eigenvalue weighted by Gasteiger charge is -2.21. The predicted octanol–water partition coefficient (Wildman–Crippen LogP) is 6.20. The summed E-state index contributed by atoms with van der Waals surface area (Å²) in [4.78, 5) is 0.890. The average molecular weight is 356 g/mol. The highest BCUT2D eigenvalue weighted by atomic mass is 32.2. The molecule has 2 nitrogen and oxygen atoms in total. The van der Waals surface area contributed by atoms with Crippen molar-refractivity contribution >= 4 is 17.2 Å². The number of hydrogen-bond donors (Lipinski definition) is 0. The lowest BCUT2D eigenvalue weighted by Crippen LogP contribution is -2.07. The summed E-state index contributed by atoms with van der Waals surface area (Å²) in [5.41, 5.74) is 4.57.